The second-order valence-electron chi connectivity index (χ2n) is 6.80. The molecular formula is C22H28N2OS. The first-order valence-electron chi connectivity index (χ1n) is 9.58. The topological polar surface area (TPSA) is 32.3 Å². The minimum Gasteiger partial charge on any atom is -0.351 e. The van der Waals surface area contributed by atoms with E-state index in [2.05, 4.69) is 34.5 Å². The van der Waals surface area contributed by atoms with Gasteiger partial charge in [-0.1, -0.05) is 43.2 Å². The van der Waals surface area contributed by atoms with Crippen LogP contribution in [0.15, 0.2) is 59.5 Å². The Morgan fingerprint density at radius 3 is 2.31 bits per heavy atom. The third-order valence-corrected chi connectivity index (χ3v) is 5.73. The molecule has 1 fully saturated rings. The second-order valence-corrected chi connectivity index (χ2v) is 7.97. The summed E-state index contributed by atoms with van der Waals surface area (Å²) in [5, 5.41) is 3.01. The van der Waals surface area contributed by atoms with E-state index in [1.807, 2.05) is 30.3 Å². The molecule has 0 spiro atoms. The van der Waals surface area contributed by atoms with Gasteiger partial charge in [0.2, 0.25) is 0 Å². The fourth-order valence-electron chi connectivity index (χ4n) is 3.27. The minimum atomic E-state index is 0.0139. The van der Waals surface area contributed by atoms with Crippen LogP contribution in [0.25, 0.3) is 0 Å². The van der Waals surface area contributed by atoms with E-state index in [0.717, 1.165) is 17.9 Å². The Bertz CT molecular complexity index is 664. The number of carbonyl (C=O) groups excluding carboxylic acids is 1. The van der Waals surface area contributed by atoms with Crippen molar-refractivity contribution in [2.45, 2.75) is 37.1 Å². The van der Waals surface area contributed by atoms with Crippen LogP contribution in [0.5, 0.6) is 0 Å². The van der Waals surface area contributed by atoms with Gasteiger partial charge in [0.15, 0.2) is 0 Å². The van der Waals surface area contributed by atoms with E-state index in [4.69, 9.17) is 0 Å². The molecule has 2 aromatic rings. The van der Waals surface area contributed by atoms with E-state index in [1.54, 1.807) is 11.8 Å². The molecule has 1 saturated heterocycles. The number of thioether (sulfide) groups is 1. The van der Waals surface area contributed by atoms with Gasteiger partial charge in [-0.15, -0.1) is 11.8 Å². The summed E-state index contributed by atoms with van der Waals surface area (Å²) in [6.07, 6.45) is 5.33. The van der Waals surface area contributed by atoms with Crippen LogP contribution < -0.4 is 5.32 Å². The number of hydrogen-bond acceptors (Lipinski definition) is 3. The summed E-state index contributed by atoms with van der Waals surface area (Å²) >= 11 is 1.76. The summed E-state index contributed by atoms with van der Waals surface area (Å²) in [6, 6.07) is 18.4. The first-order valence-corrected chi connectivity index (χ1v) is 10.6. The van der Waals surface area contributed by atoms with Crippen LogP contribution in [0.1, 0.15) is 41.6 Å². The highest BCUT2D eigenvalue weighted by Crippen LogP contribution is 2.16. The number of amides is 1. The number of nitrogens with zero attached hydrogens (tertiary/aromatic N) is 1. The van der Waals surface area contributed by atoms with Gasteiger partial charge in [0.25, 0.3) is 5.91 Å². The molecule has 1 aliphatic rings. The molecule has 0 aliphatic carbocycles. The zero-order valence-electron chi connectivity index (χ0n) is 15.3. The largest absolute Gasteiger partial charge is 0.351 e. The van der Waals surface area contributed by atoms with Gasteiger partial charge in [-0.05, 0) is 55.8 Å². The number of hydrogen-bond donors (Lipinski definition) is 1. The van der Waals surface area contributed by atoms with Gasteiger partial charge >= 0.3 is 0 Å². The van der Waals surface area contributed by atoms with Crippen molar-refractivity contribution in [3.63, 3.8) is 0 Å². The molecule has 0 aromatic heterocycles. The van der Waals surface area contributed by atoms with Crippen molar-refractivity contribution >= 4 is 17.7 Å². The molecule has 1 heterocycles. The van der Waals surface area contributed by atoms with Crippen molar-refractivity contribution in [1.29, 1.82) is 0 Å². The van der Waals surface area contributed by atoms with E-state index in [1.165, 1.54) is 49.2 Å². The van der Waals surface area contributed by atoms with Crippen molar-refractivity contribution in [2.24, 2.45) is 0 Å². The highest BCUT2D eigenvalue weighted by Gasteiger charge is 2.10. The lowest BCUT2D eigenvalue weighted by Gasteiger charge is -2.19. The number of benzene rings is 2. The van der Waals surface area contributed by atoms with Crippen LogP contribution >= 0.6 is 11.8 Å². The van der Waals surface area contributed by atoms with E-state index < -0.39 is 0 Å². The van der Waals surface area contributed by atoms with Gasteiger partial charge in [-0.3, -0.25) is 9.69 Å². The fourth-order valence-corrected chi connectivity index (χ4v) is 4.06. The van der Waals surface area contributed by atoms with E-state index in [9.17, 15) is 4.79 Å². The summed E-state index contributed by atoms with van der Waals surface area (Å²) in [7, 11) is 0. The van der Waals surface area contributed by atoms with Gasteiger partial charge in [-0.25, -0.2) is 0 Å². The number of carbonyl (C=O) groups is 1. The molecule has 1 N–H and O–H groups in total. The maximum Gasteiger partial charge on any atom is 0.251 e. The van der Waals surface area contributed by atoms with Crippen molar-refractivity contribution in [3.8, 4) is 0 Å². The third kappa shape index (κ3) is 6.19. The van der Waals surface area contributed by atoms with Crippen LogP contribution in [0.3, 0.4) is 0 Å². The van der Waals surface area contributed by atoms with Crippen molar-refractivity contribution < 1.29 is 4.79 Å². The maximum atomic E-state index is 12.3. The molecular weight excluding hydrogens is 340 g/mol. The molecule has 1 aliphatic heterocycles. The summed E-state index contributed by atoms with van der Waals surface area (Å²) in [5.41, 5.74) is 2.04. The van der Waals surface area contributed by atoms with Crippen molar-refractivity contribution in [3.05, 3.63) is 65.7 Å². The summed E-state index contributed by atoms with van der Waals surface area (Å²) in [6.45, 7) is 4.06. The summed E-state index contributed by atoms with van der Waals surface area (Å²) in [4.78, 5) is 16.0. The minimum absolute atomic E-state index is 0.0139. The molecule has 4 heteroatoms. The van der Waals surface area contributed by atoms with Crippen molar-refractivity contribution in [2.75, 3.05) is 25.4 Å². The molecule has 0 atom stereocenters. The highest BCUT2D eigenvalue weighted by molar-refractivity contribution is 7.99. The normalized spacial score (nSPS) is 15.4. The quantitative estimate of drug-likeness (QED) is 0.573. The Balaban J connectivity index is 1.41. The van der Waals surface area contributed by atoms with E-state index >= 15 is 0 Å². The Hall–Kier alpha value is -1.78. The fraction of sp³-hybridized carbons (Fsp3) is 0.409. The van der Waals surface area contributed by atoms with Crippen LogP contribution in [-0.2, 0) is 6.54 Å². The Morgan fingerprint density at radius 2 is 1.62 bits per heavy atom. The molecule has 138 valence electrons. The average Bonchev–Trinajstić information content (AvgIpc) is 2.95. The molecule has 3 rings (SSSR count). The monoisotopic (exact) mass is 368 g/mol. The van der Waals surface area contributed by atoms with E-state index in [0.29, 0.717) is 6.54 Å². The summed E-state index contributed by atoms with van der Waals surface area (Å²) < 4.78 is 0. The molecule has 0 bridgehead atoms. The molecule has 2 aromatic carbocycles. The molecule has 1 amide bonds. The van der Waals surface area contributed by atoms with Crippen LogP contribution in [0.2, 0.25) is 0 Å². The number of likely N-dealkylation sites (tertiary alicyclic amines) is 1. The van der Waals surface area contributed by atoms with Gasteiger partial charge in [0.1, 0.15) is 0 Å². The molecule has 0 saturated carbocycles. The lowest BCUT2D eigenvalue weighted by atomic mass is 10.1. The SMILES string of the molecule is O=C(NCCSc1ccccc1)c1ccc(CN2CCCCCC2)cc1. The molecule has 26 heavy (non-hydrogen) atoms. The van der Waals surface area contributed by atoms with E-state index in [-0.39, 0.29) is 5.91 Å². The lowest BCUT2D eigenvalue weighted by Crippen LogP contribution is -2.26. The second kappa shape index (κ2) is 10.4. The first-order chi connectivity index (χ1) is 12.8. The number of rotatable bonds is 7. The van der Waals surface area contributed by atoms with Gasteiger partial charge in [-0.2, -0.15) is 0 Å². The third-order valence-electron chi connectivity index (χ3n) is 4.72. The zero-order chi connectivity index (χ0) is 18.0. The molecule has 3 nitrogen and oxygen atoms in total. The predicted octanol–water partition coefficient (Wildman–Crippen LogP) is 4.58. The van der Waals surface area contributed by atoms with Gasteiger partial charge < -0.3 is 5.32 Å². The molecule has 0 radical (unpaired) electrons. The zero-order valence-corrected chi connectivity index (χ0v) is 16.1. The smallest absolute Gasteiger partial charge is 0.251 e. The van der Waals surface area contributed by atoms with Crippen LogP contribution in [0, 0.1) is 0 Å². The Labute approximate surface area is 161 Å². The highest BCUT2D eigenvalue weighted by atomic mass is 32.2. The Morgan fingerprint density at radius 1 is 0.923 bits per heavy atom. The lowest BCUT2D eigenvalue weighted by molar-refractivity contribution is 0.0956. The maximum absolute atomic E-state index is 12.3. The number of nitrogens with one attached hydrogen (secondary N) is 1. The average molecular weight is 369 g/mol. The molecule has 0 unspecified atom stereocenters. The van der Waals surface area contributed by atoms with Crippen LogP contribution in [-0.4, -0.2) is 36.2 Å². The van der Waals surface area contributed by atoms with Crippen LogP contribution in [0.4, 0.5) is 0 Å². The Kier molecular flexibility index (Phi) is 7.59. The summed E-state index contributed by atoms with van der Waals surface area (Å²) in [5.74, 6) is 0.892. The first kappa shape index (κ1) is 19.0. The predicted molar refractivity (Wildman–Crippen MR) is 110 cm³/mol. The van der Waals surface area contributed by atoms with Crippen molar-refractivity contribution in [1.82, 2.24) is 10.2 Å². The van der Waals surface area contributed by atoms with Gasteiger partial charge in [0.05, 0.1) is 0 Å². The standard InChI is InChI=1S/C22H28N2OS/c25-22(23-14-17-26-21-8-4-3-5-9-21)20-12-10-19(11-13-20)18-24-15-6-1-2-7-16-24/h3-5,8-13H,1-2,6-7,14-18H2,(H,23,25). The van der Waals surface area contributed by atoms with Gasteiger partial charge in [0, 0.05) is 29.3 Å².